The van der Waals surface area contributed by atoms with E-state index in [1.165, 1.54) is 11.3 Å². The zero-order chi connectivity index (χ0) is 11.6. The fourth-order valence-electron chi connectivity index (χ4n) is 1.49. The molecule has 0 bridgehead atoms. The van der Waals surface area contributed by atoms with Crippen LogP contribution >= 0.6 is 11.3 Å². The fraction of sp³-hybridized carbons (Fsp3) is 0.273. The molecule has 1 aromatic heterocycles. The Bertz CT molecular complexity index is 587. The van der Waals surface area contributed by atoms with Gasteiger partial charge in [0.1, 0.15) is 0 Å². The van der Waals surface area contributed by atoms with Gasteiger partial charge < -0.3 is 0 Å². The maximum Gasteiger partial charge on any atom is 0.241 e. The van der Waals surface area contributed by atoms with Gasteiger partial charge in [0.05, 0.1) is 9.60 Å². The van der Waals surface area contributed by atoms with E-state index >= 15 is 0 Å². The molecule has 0 saturated carbocycles. The molecule has 0 aliphatic heterocycles. The molecule has 2 aromatic rings. The van der Waals surface area contributed by atoms with Gasteiger partial charge in [0.25, 0.3) is 0 Å². The third kappa shape index (κ3) is 2.11. The molecule has 0 unspecified atom stereocenters. The summed E-state index contributed by atoms with van der Waals surface area (Å²) in [7, 11) is -3.36. The zero-order valence-corrected chi connectivity index (χ0v) is 10.6. The Hall–Kier alpha value is -0.910. The van der Waals surface area contributed by atoms with Gasteiger partial charge in [0.15, 0.2) is 0 Å². The lowest BCUT2D eigenvalue weighted by molar-refractivity contribution is 0.582. The summed E-state index contributed by atoms with van der Waals surface area (Å²) in [4.78, 5) is 0.383. The van der Waals surface area contributed by atoms with Gasteiger partial charge in [0, 0.05) is 6.54 Å². The van der Waals surface area contributed by atoms with Crippen LogP contribution in [0, 0.1) is 0 Å². The minimum atomic E-state index is -3.36. The molecule has 0 atom stereocenters. The van der Waals surface area contributed by atoms with Crippen LogP contribution in [0.1, 0.15) is 13.3 Å². The van der Waals surface area contributed by atoms with Gasteiger partial charge in [-0.1, -0.05) is 19.1 Å². The maximum absolute atomic E-state index is 12.0. The molecule has 0 aliphatic carbocycles. The summed E-state index contributed by atoms with van der Waals surface area (Å²) in [5.74, 6) is 0. The molecular formula is C11H13NO2S2. The molecule has 0 amide bonds. The smallest absolute Gasteiger partial charge is 0.211 e. The molecule has 0 radical (unpaired) electrons. The second-order valence-corrected chi connectivity index (χ2v) is 6.14. The van der Waals surface area contributed by atoms with Crippen LogP contribution in [0.25, 0.3) is 10.1 Å². The standard InChI is InChI=1S/C11H13NO2S2/c1-2-7-12-16(13,14)10-5-3-4-9-6-8-15-11(9)10/h3-6,8,12H,2,7H2,1H3. The summed E-state index contributed by atoms with van der Waals surface area (Å²) in [6.45, 7) is 2.42. The first-order chi connectivity index (χ1) is 7.65. The van der Waals surface area contributed by atoms with Crippen LogP contribution in [0.4, 0.5) is 0 Å². The zero-order valence-electron chi connectivity index (χ0n) is 8.93. The average Bonchev–Trinajstić information content (AvgIpc) is 2.73. The highest BCUT2D eigenvalue weighted by atomic mass is 32.2. The van der Waals surface area contributed by atoms with Crippen molar-refractivity contribution in [2.45, 2.75) is 18.2 Å². The lowest BCUT2D eigenvalue weighted by Gasteiger charge is -2.06. The monoisotopic (exact) mass is 255 g/mol. The van der Waals surface area contributed by atoms with Crippen molar-refractivity contribution in [3.05, 3.63) is 29.6 Å². The van der Waals surface area contributed by atoms with E-state index in [0.717, 1.165) is 16.5 Å². The van der Waals surface area contributed by atoms with Crippen LogP contribution in [0.5, 0.6) is 0 Å². The van der Waals surface area contributed by atoms with Gasteiger partial charge in [-0.3, -0.25) is 0 Å². The Balaban J connectivity index is 2.50. The lowest BCUT2D eigenvalue weighted by Crippen LogP contribution is -2.24. The molecule has 0 fully saturated rings. The van der Waals surface area contributed by atoms with Crippen molar-refractivity contribution < 1.29 is 8.42 Å². The number of hydrogen-bond acceptors (Lipinski definition) is 3. The van der Waals surface area contributed by atoms with Gasteiger partial charge in [-0.05, 0) is 29.3 Å². The Morgan fingerprint density at radius 3 is 2.88 bits per heavy atom. The third-order valence-electron chi connectivity index (χ3n) is 2.27. The number of fused-ring (bicyclic) bond motifs is 1. The minimum absolute atomic E-state index is 0.383. The fourth-order valence-corrected chi connectivity index (χ4v) is 4.02. The first-order valence-electron chi connectivity index (χ1n) is 5.11. The number of hydrogen-bond donors (Lipinski definition) is 1. The van der Waals surface area contributed by atoms with Gasteiger partial charge in [-0.15, -0.1) is 11.3 Å². The Labute approximate surface area is 99.2 Å². The van der Waals surface area contributed by atoms with E-state index in [-0.39, 0.29) is 0 Å². The summed E-state index contributed by atoms with van der Waals surface area (Å²) >= 11 is 1.46. The van der Waals surface area contributed by atoms with Crippen molar-refractivity contribution in [2.24, 2.45) is 0 Å². The molecular weight excluding hydrogens is 242 g/mol. The van der Waals surface area contributed by atoms with Crippen LogP contribution in [-0.2, 0) is 10.0 Å². The number of rotatable bonds is 4. The Kier molecular flexibility index (Phi) is 3.28. The normalized spacial score (nSPS) is 12.1. The third-order valence-corrected chi connectivity index (χ3v) is 4.87. The SMILES string of the molecule is CCCNS(=O)(=O)c1cccc2ccsc12. The second kappa shape index (κ2) is 4.53. The molecule has 1 aromatic carbocycles. The molecule has 0 saturated heterocycles. The van der Waals surface area contributed by atoms with E-state index in [2.05, 4.69) is 4.72 Å². The highest BCUT2D eigenvalue weighted by Gasteiger charge is 2.16. The van der Waals surface area contributed by atoms with E-state index in [1.54, 1.807) is 12.1 Å². The summed E-state index contributed by atoms with van der Waals surface area (Å²) in [5.41, 5.74) is 0. The number of sulfonamides is 1. The van der Waals surface area contributed by atoms with Crippen LogP contribution < -0.4 is 4.72 Å². The molecule has 1 heterocycles. The lowest BCUT2D eigenvalue weighted by atomic mass is 10.3. The van der Waals surface area contributed by atoms with E-state index in [0.29, 0.717) is 11.4 Å². The first kappa shape index (κ1) is 11.6. The van der Waals surface area contributed by atoms with Crippen LogP contribution in [0.2, 0.25) is 0 Å². The predicted octanol–water partition coefficient (Wildman–Crippen LogP) is 2.59. The molecule has 0 aliphatic rings. The van der Waals surface area contributed by atoms with Crippen LogP contribution in [-0.4, -0.2) is 15.0 Å². The maximum atomic E-state index is 12.0. The summed E-state index contributed by atoms with van der Waals surface area (Å²) in [6.07, 6.45) is 0.791. The van der Waals surface area contributed by atoms with Crippen molar-refractivity contribution >= 4 is 31.4 Å². The van der Waals surface area contributed by atoms with Crippen molar-refractivity contribution in [3.63, 3.8) is 0 Å². The van der Waals surface area contributed by atoms with Gasteiger partial charge in [-0.25, -0.2) is 13.1 Å². The first-order valence-corrected chi connectivity index (χ1v) is 7.47. The van der Waals surface area contributed by atoms with Gasteiger partial charge in [0.2, 0.25) is 10.0 Å². The molecule has 16 heavy (non-hydrogen) atoms. The number of thiophene rings is 1. The Morgan fingerprint density at radius 2 is 2.12 bits per heavy atom. The van der Waals surface area contributed by atoms with Crippen molar-refractivity contribution in [3.8, 4) is 0 Å². The van der Waals surface area contributed by atoms with Gasteiger partial charge in [-0.2, -0.15) is 0 Å². The minimum Gasteiger partial charge on any atom is -0.211 e. The Morgan fingerprint density at radius 1 is 1.31 bits per heavy atom. The average molecular weight is 255 g/mol. The predicted molar refractivity (Wildman–Crippen MR) is 67.3 cm³/mol. The van der Waals surface area contributed by atoms with Crippen molar-refractivity contribution in [2.75, 3.05) is 6.54 Å². The van der Waals surface area contributed by atoms with Crippen LogP contribution in [0.3, 0.4) is 0 Å². The largest absolute Gasteiger partial charge is 0.241 e. The molecule has 2 rings (SSSR count). The van der Waals surface area contributed by atoms with E-state index in [4.69, 9.17) is 0 Å². The molecule has 5 heteroatoms. The second-order valence-electron chi connectivity index (χ2n) is 3.49. The van der Waals surface area contributed by atoms with E-state index in [1.807, 2.05) is 24.4 Å². The molecule has 3 nitrogen and oxygen atoms in total. The molecule has 0 spiro atoms. The van der Waals surface area contributed by atoms with Gasteiger partial charge >= 0.3 is 0 Å². The summed E-state index contributed by atoms with van der Waals surface area (Å²) in [6, 6.07) is 7.27. The van der Waals surface area contributed by atoms with Crippen molar-refractivity contribution in [1.82, 2.24) is 4.72 Å². The highest BCUT2D eigenvalue weighted by molar-refractivity contribution is 7.90. The quantitative estimate of drug-likeness (QED) is 0.912. The number of benzene rings is 1. The summed E-state index contributed by atoms with van der Waals surface area (Å²) in [5, 5.41) is 2.88. The molecule has 86 valence electrons. The van der Waals surface area contributed by atoms with Crippen LogP contribution in [0.15, 0.2) is 34.5 Å². The summed E-state index contributed by atoms with van der Waals surface area (Å²) < 4.78 is 27.4. The topological polar surface area (TPSA) is 46.2 Å². The van der Waals surface area contributed by atoms with E-state index < -0.39 is 10.0 Å². The van der Waals surface area contributed by atoms with Crippen molar-refractivity contribution in [1.29, 1.82) is 0 Å². The highest BCUT2D eigenvalue weighted by Crippen LogP contribution is 2.27. The number of nitrogens with one attached hydrogen (secondary N) is 1. The van der Waals surface area contributed by atoms with E-state index in [9.17, 15) is 8.42 Å². The molecule has 1 N–H and O–H groups in total.